The molecule has 0 aliphatic rings. The van der Waals surface area contributed by atoms with Crippen LogP contribution in [0.3, 0.4) is 0 Å². The van der Waals surface area contributed by atoms with Crippen LogP contribution in [0.2, 0.25) is 0 Å². The van der Waals surface area contributed by atoms with Crippen LogP contribution in [-0.4, -0.2) is 16.1 Å². The minimum atomic E-state index is -1.28. The summed E-state index contributed by atoms with van der Waals surface area (Å²) in [5.74, 6) is -1.99. The molecule has 2 aromatic rings. The lowest BCUT2D eigenvalue weighted by Gasteiger charge is -2.02. The van der Waals surface area contributed by atoms with Crippen molar-refractivity contribution in [3.63, 3.8) is 0 Å². The fourth-order valence-corrected chi connectivity index (χ4v) is 1.44. The van der Waals surface area contributed by atoms with Gasteiger partial charge in [-0.2, -0.15) is 0 Å². The highest BCUT2D eigenvalue weighted by Gasteiger charge is 2.13. The number of aromatic nitrogens is 1. The molecule has 0 fully saturated rings. The summed E-state index contributed by atoms with van der Waals surface area (Å²) < 4.78 is 13.4. The van der Waals surface area contributed by atoms with Crippen molar-refractivity contribution in [2.75, 3.05) is 0 Å². The van der Waals surface area contributed by atoms with Crippen molar-refractivity contribution in [1.29, 1.82) is 0 Å². The van der Waals surface area contributed by atoms with E-state index in [1.165, 1.54) is 12.1 Å². The Balaban J connectivity index is 3.03. The van der Waals surface area contributed by atoms with E-state index < -0.39 is 17.3 Å². The molecule has 2 rings (SSSR count). The Bertz CT molecular complexity index is 603. The summed E-state index contributed by atoms with van der Waals surface area (Å²) in [5, 5.41) is 8.69. The number of H-pyrrole nitrogens is 1. The Morgan fingerprint density at radius 1 is 1.40 bits per heavy atom. The van der Waals surface area contributed by atoms with E-state index in [-0.39, 0.29) is 16.3 Å². The first-order valence-corrected chi connectivity index (χ1v) is 4.14. The molecule has 0 unspecified atom stereocenters. The van der Waals surface area contributed by atoms with Crippen LogP contribution in [0.25, 0.3) is 10.8 Å². The molecular formula is C10H6FNO3. The van der Waals surface area contributed by atoms with E-state index in [0.717, 1.165) is 12.3 Å². The summed E-state index contributed by atoms with van der Waals surface area (Å²) >= 11 is 0. The summed E-state index contributed by atoms with van der Waals surface area (Å²) in [7, 11) is 0. The number of carboxylic acids is 1. The predicted octanol–water partition coefficient (Wildman–Crippen LogP) is 1.37. The van der Waals surface area contributed by atoms with Gasteiger partial charge in [-0.25, -0.2) is 9.18 Å². The second-order valence-electron chi connectivity index (χ2n) is 3.00. The second kappa shape index (κ2) is 3.20. The zero-order valence-corrected chi connectivity index (χ0v) is 7.45. The largest absolute Gasteiger partial charge is 0.478 e. The Hall–Kier alpha value is -2.17. The lowest BCUT2D eigenvalue weighted by atomic mass is 10.1. The van der Waals surface area contributed by atoms with E-state index in [4.69, 9.17) is 5.11 Å². The monoisotopic (exact) mass is 207 g/mol. The number of carbonyl (C=O) groups is 1. The van der Waals surface area contributed by atoms with Crippen LogP contribution in [0, 0.1) is 5.82 Å². The van der Waals surface area contributed by atoms with Crippen molar-refractivity contribution in [1.82, 2.24) is 4.98 Å². The first-order valence-electron chi connectivity index (χ1n) is 4.14. The molecule has 4 nitrogen and oxygen atoms in total. The number of carboxylic acid groups (broad SMARTS) is 1. The molecule has 2 N–H and O–H groups in total. The van der Waals surface area contributed by atoms with Crippen molar-refractivity contribution in [2.24, 2.45) is 0 Å². The number of rotatable bonds is 1. The minimum Gasteiger partial charge on any atom is -0.478 e. The van der Waals surface area contributed by atoms with Crippen LogP contribution < -0.4 is 5.56 Å². The first kappa shape index (κ1) is 9.39. The van der Waals surface area contributed by atoms with Gasteiger partial charge in [-0.05, 0) is 12.1 Å². The SMILES string of the molecule is O=C(O)c1c[nH]c(=O)c2cccc(F)c12. The standard InChI is InChI=1S/C10H6FNO3/c11-7-3-1-2-5-8(7)6(10(14)15)4-12-9(5)13/h1-4H,(H,12,13)(H,14,15). The number of hydrogen-bond acceptors (Lipinski definition) is 2. The molecule has 0 spiro atoms. The average Bonchev–Trinajstić information content (AvgIpc) is 2.19. The third-order valence-corrected chi connectivity index (χ3v) is 2.11. The summed E-state index contributed by atoms with van der Waals surface area (Å²) in [6, 6.07) is 3.86. The van der Waals surface area contributed by atoms with Crippen molar-refractivity contribution in [3.8, 4) is 0 Å². The third kappa shape index (κ3) is 1.38. The smallest absolute Gasteiger partial charge is 0.337 e. The summed E-state index contributed by atoms with van der Waals surface area (Å²) in [6.45, 7) is 0. The van der Waals surface area contributed by atoms with Gasteiger partial charge in [0.15, 0.2) is 0 Å². The van der Waals surface area contributed by atoms with E-state index in [0.29, 0.717) is 0 Å². The molecule has 1 heterocycles. The van der Waals surface area contributed by atoms with Crippen LogP contribution in [0.4, 0.5) is 4.39 Å². The molecule has 0 aliphatic carbocycles. The molecule has 1 aromatic heterocycles. The third-order valence-electron chi connectivity index (χ3n) is 2.11. The molecule has 0 aliphatic heterocycles. The van der Waals surface area contributed by atoms with E-state index in [1.54, 1.807) is 0 Å². The van der Waals surface area contributed by atoms with Gasteiger partial charge in [-0.1, -0.05) is 6.07 Å². The van der Waals surface area contributed by atoms with Gasteiger partial charge in [0.25, 0.3) is 5.56 Å². The Labute approximate surface area is 83.0 Å². The molecule has 0 radical (unpaired) electrons. The van der Waals surface area contributed by atoms with E-state index in [2.05, 4.69) is 4.98 Å². The lowest BCUT2D eigenvalue weighted by Crippen LogP contribution is -2.10. The van der Waals surface area contributed by atoms with Gasteiger partial charge in [0.1, 0.15) is 5.82 Å². The number of fused-ring (bicyclic) bond motifs is 1. The molecule has 0 bridgehead atoms. The highest BCUT2D eigenvalue weighted by atomic mass is 19.1. The zero-order chi connectivity index (χ0) is 11.0. The Morgan fingerprint density at radius 3 is 2.80 bits per heavy atom. The fraction of sp³-hybridized carbons (Fsp3) is 0. The van der Waals surface area contributed by atoms with Gasteiger partial charge in [-0.3, -0.25) is 4.79 Å². The Morgan fingerprint density at radius 2 is 2.13 bits per heavy atom. The molecule has 1 aromatic carbocycles. The topological polar surface area (TPSA) is 70.2 Å². The molecule has 0 saturated heterocycles. The highest BCUT2D eigenvalue weighted by Crippen LogP contribution is 2.18. The van der Waals surface area contributed by atoms with Gasteiger partial charge in [0.05, 0.1) is 10.9 Å². The summed E-state index contributed by atoms with van der Waals surface area (Å²) in [4.78, 5) is 24.3. The average molecular weight is 207 g/mol. The van der Waals surface area contributed by atoms with Gasteiger partial charge in [-0.15, -0.1) is 0 Å². The first-order chi connectivity index (χ1) is 7.11. The summed E-state index contributed by atoms with van der Waals surface area (Å²) in [6.07, 6.45) is 0.996. The molecular weight excluding hydrogens is 201 g/mol. The van der Waals surface area contributed by atoms with Crippen LogP contribution in [0.15, 0.2) is 29.2 Å². The number of hydrogen-bond donors (Lipinski definition) is 2. The van der Waals surface area contributed by atoms with Crippen molar-refractivity contribution >= 4 is 16.7 Å². The van der Waals surface area contributed by atoms with Crippen molar-refractivity contribution in [3.05, 3.63) is 46.1 Å². The highest BCUT2D eigenvalue weighted by molar-refractivity contribution is 6.03. The molecule has 5 heteroatoms. The minimum absolute atomic E-state index is 0.0369. The maximum absolute atomic E-state index is 13.4. The number of pyridine rings is 1. The number of aromatic amines is 1. The molecule has 0 atom stereocenters. The van der Waals surface area contributed by atoms with Crippen molar-refractivity contribution < 1.29 is 14.3 Å². The van der Waals surface area contributed by atoms with E-state index in [9.17, 15) is 14.0 Å². The number of aromatic carboxylic acids is 1. The molecule has 76 valence electrons. The fourth-order valence-electron chi connectivity index (χ4n) is 1.44. The maximum atomic E-state index is 13.4. The lowest BCUT2D eigenvalue weighted by molar-refractivity contribution is 0.0698. The van der Waals surface area contributed by atoms with Crippen LogP contribution in [0.1, 0.15) is 10.4 Å². The van der Waals surface area contributed by atoms with Crippen LogP contribution in [0.5, 0.6) is 0 Å². The normalized spacial score (nSPS) is 10.5. The maximum Gasteiger partial charge on any atom is 0.337 e. The molecule has 0 saturated carbocycles. The van der Waals surface area contributed by atoms with Crippen molar-refractivity contribution in [2.45, 2.75) is 0 Å². The van der Waals surface area contributed by atoms with Crippen LogP contribution in [-0.2, 0) is 0 Å². The second-order valence-corrected chi connectivity index (χ2v) is 3.00. The van der Waals surface area contributed by atoms with Gasteiger partial charge < -0.3 is 10.1 Å². The zero-order valence-electron chi connectivity index (χ0n) is 7.45. The van der Waals surface area contributed by atoms with Gasteiger partial charge >= 0.3 is 5.97 Å². The quantitative estimate of drug-likeness (QED) is 0.741. The van der Waals surface area contributed by atoms with Crippen LogP contribution >= 0.6 is 0 Å². The Kier molecular flexibility index (Phi) is 2.00. The van der Waals surface area contributed by atoms with Gasteiger partial charge in [0.2, 0.25) is 0 Å². The predicted molar refractivity (Wildman–Crippen MR) is 51.5 cm³/mol. The number of benzene rings is 1. The van der Waals surface area contributed by atoms with E-state index >= 15 is 0 Å². The molecule has 15 heavy (non-hydrogen) atoms. The van der Waals surface area contributed by atoms with Gasteiger partial charge in [0, 0.05) is 11.6 Å². The molecule has 0 amide bonds. The number of halogens is 1. The van der Waals surface area contributed by atoms with E-state index in [1.807, 2.05) is 0 Å². The summed E-state index contributed by atoms with van der Waals surface area (Å²) in [5.41, 5.74) is -0.753. The number of nitrogens with one attached hydrogen (secondary N) is 1.